The molecule has 0 saturated carbocycles. The third kappa shape index (κ3) is 4.94. The maximum absolute atomic E-state index is 12.9. The summed E-state index contributed by atoms with van der Waals surface area (Å²) < 4.78 is 43.7. The minimum Gasteiger partial charge on any atom is -0.466 e. The Balaban J connectivity index is 2.50. The number of rotatable bonds is 7. The third-order valence-corrected chi connectivity index (χ3v) is 4.05. The first-order valence-electron chi connectivity index (χ1n) is 8.21. The van der Waals surface area contributed by atoms with E-state index >= 15 is 0 Å². The molecule has 0 aliphatic rings. The van der Waals surface area contributed by atoms with Crippen LogP contribution in [0.4, 0.5) is 13.2 Å². The highest BCUT2D eigenvalue weighted by atomic mass is 19.4. The molecule has 2 aromatic rings. The van der Waals surface area contributed by atoms with Crippen LogP contribution < -0.4 is 0 Å². The van der Waals surface area contributed by atoms with E-state index in [1.807, 2.05) is 0 Å². The molecule has 0 N–H and O–H groups in total. The van der Waals surface area contributed by atoms with E-state index in [1.165, 1.54) is 0 Å². The highest BCUT2D eigenvalue weighted by Gasteiger charge is 2.43. The molecular formula is C20H19F3O3. The maximum Gasteiger partial charge on any atom is 0.449 e. The SMILES string of the molecule is CCOC(=O)[C@@H](c1ccccc1)[C@@H](CC(=O)C(F)(F)F)c1ccccc1. The first-order chi connectivity index (χ1) is 12.3. The van der Waals surface area contributed by atoms with Crippen molar-refractivity contribution >= 4 is 11.8 Å². The molecule has 3 nitrogen and oxygen atoms in total. The van der Waals surface area contributed by atoms with E-state index in [4.69, 9.17) is 4.74 Å². The first-order valence-corrected chi connectivity index (χ1v) is 8.21. The van der Waals surface area contributed by atoms with Crippen molar-refractivity contribution in [2.75, 3.05) is 6.61 Å². The van der Waals surface area contributed by atoms with Crippen LogP contribution in [-0.4, -0.2) is 24.5 Å². The van der Waals surface area contributed by atoms with Crippen LogP contribution in [0.1, 0.15) is 36.3 Å². The van der Waals surface area contributed by atoms with E-state index in [0.29, 0.717) is 11.1 Å². The molecule has 0 heterocycles. The number of carbonyl (C=O) groups is 2. The van der Waals surface area contributed by atoms with Gasteiger partial charge in [0.15, 0.2) is 0 Å². The number of esters is 1. The summed E-state index contributed by atoms with van der Waals surface area (Å²) in [6, 6.07) is 16.7. The van der Waals surface area contributed by atoms with Gasteiger partial charge in [0.1, 0.15) is 0 Å². The molecule has 0 saturated heterocycles. The predicted octanol–water partition coefficient (Wildman–Crippen LogP) is 4.64. The molecule has 2 rings (SSSR count). The van der Waals surface area contributed by atoms with Crippen molar-refractivity contribution in [3.8, 4) is 0 Å². The van der Waals surface area contributed by atoms with Gasteiger partial charge < -0.3 is 4.74 Å². The van der Waals surface area contributed by atoms with Crippen LogP contribution >= 0.6 is 0 Å². The first kappa shape index (κ1) is 19.7. The van der Waals surface area contributed by atoms with Gasteiger partial charge in [-0.3, -0.25) is 9.59 Å². The molecule has 0 aliphatic carbocycles. The Morgan fingerprint density at radius 3 is 1.88 bits per heavy atom. The van der Waals surface area contributed by atoms with Crippen molar-refractivity contribution in [1.29, 1.82) is 0 Å². The largest absolute Gasteiger partial charge is 0.466 e. The number of benzene rings is 2. The summed E-state index contributed by atoms with van der Waals surface area (Å²) in [5.41, 5.74) is 0.988. The number of halogens is 3. The average molecular weight is 364 g/mol. The molecule has 0 radical (unpaired) electrons. The molecule has 0 aromatic heterocycles. The lowest BCUT2D eigenvalue weighted by Crippen LogP contribution is -2.30. The fraction of sp³-hybridized carbons (Fsp3) is 0.300. The Labute approximate surface area is 149 Å². The zero-order valence-electron chi connectivity index (χ0n) is 14.2. The normalized spacial score (nSPS) is 13.7. The van der Waals surface area contributed by atoms with Crippen molar-refractivity contribution in [3.63, 3.8) is 0 Å². The molecule has 0 spiro atoms. The lowest BCUT2D eigenvalue weighted by atomic mass is 9.78. The molecule has 0 amide bonds. The zero-order valence-corrected chi connectivity index (χ0v) is 14.2. The summed E-state index contributed by atoms with van der Waals surface area (Å²) in [5, 5.41) is 0. The van der Waals surface area contributed by atoms with Crippen molar-refractivity contribution in [2.45, 2.75) is 31.4 Å². The molecule has 0 bridgehead atoms. The highest BCUT2D eigenvalue weighted by Crippen LogP contribution is 2.38. The van der Waals surface area contributed by atoms with Gasteiger partial charge in [-0.1, -0.05) is 60.7 Å². The molecule has 0 fully saturated rings. The van der Waals surface area contributed by atoms with Crippen LogP contribution in [-0.2, 0) is 14.3 Å². The predicted molar refractivity (Wildman–Crippen MR) is 90.7 cm³/mol. The van der Waals surface area contributed by atoms with Crippen LogP contribution in [0.2, 0.25) is 0 Å². The van der Waals surface area contributed by atoms with Crippen LogP contribution in [0.5, 0.6) is 0 Å². The molecule has 2 aromatic carbocycles. The number of ether oxygens (including phenoxy) is 1. The maximum atomic E-state index is 12.9. The van der Waals surface area contributed by atoms with Crippen molar-refractivity contribution in [3.05, 3.63) is 71.8 Å². The number of hydrogen-bond acceptors (Lipinski definition) is 3. The number of ketones is 1. The van der Waals surface area contributed by atoms with Gasteiger partial charge in [-0.2, -0.15) is 13.2 Å². The van der Waals surface area contributed by atoms with Crippen LogP contribution in [0.15, 0.2) is 60.7 Å². The Bertz CT molecular complexity index is 727. The van der Waals surface area contributed by atoms with Crippen LogP contribution in [0.3, 0.4) is 0 Å². The van der Waals surface area contributed by atoms with E-state index < -0.39 is 36.2 Å². The Morgan fingerprint density at radius 1 is 0.923 bits per heavy atom. The number of alkyl halides is 3. The molecule has 26 heavy (non-hydrogen) atoms. The monoisotopic (exact) mass is 364 g/mol. The number of Topliss-reactive ketones (excluding diaryl/α,β-unsaturated/α-hetero) is 1. The summed E-state index contributed by atoms with van der Waals surface area (Å²) in [5.74, 6) is -4.50. The van der Waals surface area contributed by atoms with Gasteiger partial charge in [0.25, 0.3) is 0 Å². The van der Waals surface area contributed by atoms with Gasteiger partial charge in [-0.15, -0.1) is 0 Å². The van der Waals surface area contributed by atoms with Crippen molar-refractivity contribution < 1.29 is 27.5 Å². The summed E-state index contributed by atoms with van der Waals surface area (Å²) in [6.07, 6.45) is -5.78. The molecule has 0 unspecified atom stereocenters. The molecular weight excluding hydrogens is 345 g/mol. The molecule has 6 heteroatoms. The smallest absolute Gasteiger partial charge is 0.449 e. The average Bonchev–Trinajstić information content (AvgIpc) is 2.62. The van der Waals surface area contributed by atoms with Gasteiger partial charge in [0.05, 0.1) is 12.5 Å². The second kappa shape index (κ2) is 8.65. The topological polar surface area (TPSA) is 43.4 Å². The van der Waals surface area contributed by atoms with E-state index in [2.05, 4.69) is 0 Å². The van der Waals surface area contributed by atoms with Gasteiger partial charge in [-0.25, -0.2) is 0 Å². The third-order valence-electron chi connectivity index (χ3n) is 4.05. The Kier molecular flexibility index (Phi) is 6.55. The van der Waals surface area contributed by atoms with E-state index in [0.717, 1.165) is 0 Å². The van der Waals surface area contributed by atoms with Crippen LogP contribution in [0.25, 0.3) is 0 Å². The summed E-state index contributed by atoms with van der Waals surface area (Å²) >= 11 is 0. The second-order valence-corrected chi connectivity index (χ2v) is 5.78. The zero-order chi connectivity index (χ0) is 19.2. The Morgan fingerprint density at radius 2 is 1.42 bits per heavy atom. The fourth-order valence-electron chi connectivity index (χ4n) is 2.87. The Hall–Kier alpha value is -2.63. The summed E-state index contributed by atoms with van der Waals surface area (Å²) in [6.45, 7) is 1.72. The van der Waals surface area contributed by atoms with E-state index in [-0.39, 0.29) is 6.61 Å². The summed E-state index contributed by atoms with van der Waals surface area (Å²) in [4.78, 5) is 24.3. The molecule has 138 valence electrons. The minimum atomic E-state index is -4.96. The van der Waals surface area contributed by atoms with E-state index in [1.54, 1.807) is 67.6 Å². The lowest BCUT2D eigenvalue weighted by Gasteiger charge is -2.26. The number of carbonyl (C=O) groups excluding carboxylic acids is 2. The molecule has 0 aliphatic heterocycles. The second-order valence-electron chi connectivity index (χ2n) is 5.78. The molecule has 2 atom stereocenters. The van der Waals surface area contributed by atoms with Gasteiger partial charge in [0, 0.05) is 12.3 Å². The minimum absolute atomic E-state index is 0.0941. The van der Waals surface area contributed by atoms with Gasteiger partial charge in [-0.05, 0) is 18.1 Å². The van der Waals surface area contributed by atoms with Crippen molar-refractivity contribution in [1.82, 2.24) is 0 Å². The fourth-order valence-corrected chi connectivity index (χ4v) is 2.87. The lowest BCUT2D eigenvalue weighted by molar-refractivity contribution is -0.171. The quantitative estimate of drug-likeness (QED) is 0.673. The van der Waals surface area contributed by atoms with Gasteiger partial charge >= 0.3 is 12.1 Å². The number of hydrogen-bond donors (Lipinski definition) is 0. The summed E-state index contributed by atoms with van der Waals surface area (Å²) in [7, 11) is 0. The highest BCUT2D eigenvalue weighted by molar-refractivity contribution is 5.87. The van der Waals surface area contributed by atoms with Crippen LogP contribution in [0, 0.1) is 0 Å². The van der Waals surface area contributed by atoms with Gasteiger partial charge in [0.2, 0.25) is 5.78 Å². The van der Waals surface area contributed by atoms with E-state index in [9.17, 15) is 22.8 Å². The van der Waals surface area contributed by atoms with Crippen molar-refractivity contribution in [2.24, 2.45) is 0 Å². The standard InChI is InChI=1S/C20H19F3O3/c1-2-26-19(25)18(15-11-7-4-8-12-15)16(13-17(24)20(21,22)23)14-9-5-3-6-10-14/h3-12,16,18H,2,13H2,1H3/t16-,18-/m0/s1.